The van der Waals surface area contributed by atoms with Gasteiger partial charge >= 0.3 is 0 Å². The number of nitrogens with two attached hydrogens (primary N) is 1. The van der Waals surface area contributed by atoms with Crippen LogP contribution in [-0.2, 0) is 16.0 Å². The molecule has 0 saturated carbocycles. The van der Waals surface area contributed by atoms with E-state index in [0.29, 0.717) is 17.4 Å². The zero-order valence-electron chi connectivity index (χ0n) is 12.5. The minimum absolute atomic E-state index is 0.121. The molecule has 0 spiro atoms. The Bertz CT molecular complexity index is 468. The smallest absolute Gasteiger partial charge is 0.217 e. The topological polar surface area (TPSA) is 98.2 Å². The fourth-order valence-corrected chi connectivity index (χ4v) is 1.97. The van der Waals surface area contributed by atoms with E-state index in [1.807, 2.05) is 0 Å². The second-order valence-electron chi connectivity index (χ2n) is 5.52. The fraction of sp³-hybridized carbons (Fsp3) is 0.643. The molecule has 3 N–H and O–H groups in total. The first-order valence-corrected chi connectivity index (χ1v) is 6.78. The highest BCUT2D eigenvalue weighted by Gasteiger charge is 2.20. The highest BCUT2D eigenvalue weighted by Crippen LogP contribution is 2.19. The quantitative estimate of drug-likeness (QED) is 0.786. The summed E-state index contributed by atoms with van der Waals surface area (Å²) in [5.41, 5.74) is 6.70. The maximum atomic E-state index is 11.5. The van der Waals surface area contributed by atoms with Crippen LogP contribution in [0.3, 0.4) is 0 Å². The summed E-state index contributed by atoms with van der Waals surface area (Å²) in [5.74, 6) is 0.647. The van der Waals surface area contributed by atoms with Gasteiger partial charge in [-0.3, -0.25) is 9.59 Å². The zero-order valence-corrected chi connectivity index (χ0v) is 12.5. The van der Waals surface area contributed by atoms with E-state index in [-0.39, 0.29) is 24.2 Å². The third kappa shape index (κ3) is 5.13. The van der Waals surface area contributed by atoms with Crippen molar-refractivity contribution in [3.8, 4) is 0 Å². The number of amides is 1. The van der Waals surface area contributed by atoms with Gasteiger partial charge in [-0.1, -0.05) is 19.0 Å². The SMILES string of the molecule is CC(=O)NC(Cc1cc(C(N)CC(C)C)no1)C(C)=O. The first kappa shape index (κ1) is 16.4. The first-order valence-electron chi connectivity index (χ1n) is 6.78. The van der Waals surface area contributed by atoms with Gasteiger partial charge in [0.05, 0.1) is 12.1 Å². The van der Waals surface area contributed by atoms with Gasteiger partial charge in [-0.05, 0) is 19.3 Å². The molecule has 0 aliphatic rings. The first-order chi connectivity index (χ1) is 9.29. The van der Waals surface area contributed by atoms with Crippen LogP contribution in [0.5, 0.6) is 0 Å². The molecule has 0 aliphatic heterocycles. The van der Waals surface area contributed by atoms with Crippen molar-refractivity contribution in [2.24, 2.45) is 11.7 Å². The molecule has 6 heteroatoms. The van der Waals surface area contributed by atoms with Gasteiger partial charge in [-0.15, -0.1) is 0 Å². The van der Waals surface area contributed by atoms with E-state index < -0.39 is 6.04 Å². The lowest BCUT2D eigenvalue weighted by molar-refractivity contribution is -0.125. The number of hydrogen-bond acceptors (Lipinski definition) is 5. The van der Waals surface area contributed by atoms with Crippen molar-refractivity contribution in [3.63, 3.8) is 0 Å². The summed E-state index contributed by atoms with van der Waals surface area (Å²) in [4.78, 5) is 22.5. The Morgan fingerprint density at radius 1 is 1.40 bits per heavy atom. The van der Waals surface area contributed by atoms with E-state index >= 15 is 0 Å². The highest BCUT2D eigenvalue weighted by molar-refractivity contribution is 5.86. The van der Waals surface area contributed by atoms with Gasteiger partial charge in [0, 0.05) is 19.4 Å². The number of ketones is 1. The molecule has 20 heavy (non-hydrogen) atoms. The summed E-state index contributed by atoms with van der Waals surface area (Å²) in [5, 5.41) is 6.53. The summed E-state index contributed by atoms with van der Waals surface area (Å²) in [6, 6.07) is 0.990. The Morgan fingerprint density at radius 3 is 2.55 bits per heavy atom. The number of carbonyl (C=O) groups is 2. The van der Waals surface area contributed by atoms with Gasteiger partial charge in [-0.2, -0.15) is 0 Å². The van der Waals surface area contributed by atoms with Gasteiger partial charge in [0.25, 0.3) is 0 Å². The van der Waals surface area contributed by atoms with Crippen molar-refractivity contribution in [1.29, 1.82) is 0 Å². The van der Waals surface area contributed by atoms with E-state index in [0.717, 1.165) is 6.42 Å². The van der Waals surface area contributed by atoms with Crippen LogP contribution < -0.4 is 11.1 Å². The molecule has 1 heterocycles. The molecular weight excluding hydrogens is 258 g/mol. The van der Waals surface area contributed by atoms with Crippen LogP contribution in [0.25, 0.3) is 0 Å². The maximum Gasteiger partial charge on any atom is 0.217 e. The van der Waals surface area contributed by atoms with E-state index in [2.05, 4.69) is 24.3 Å². The van der Waals surface area contributed by atoms with Crippen molar-refractivity contribution in [2.45, 2.75) is 52.6 Å². The Kier molecular flexibility index (Phi) is 5.88. The predicted molar refractivity (Wildman–Crippen MR) is 74.9 cm³/mol. The van der Waals surface area contributed by atoms with Crippen LogP contribution in [0, 0.1) is 5.92 Å². The molecule has 1 aromatic rings. The third-order valence-corrected chi connectivity index (χ3v) is 2.96. The van der Waals surface area contributed by atoms with E-state index in [1.165, 1.54) is 13.8 Å². The van der Waals surface area contributed by atoms with Crippen molar-refractivity contribution >= 4 is 11.7 Å². The number of carbonyl (C=O) groups excluding carboxylic acids is 2. The average Bonchev–Trinajstić information content (AvgIpc) is 2.75. The van der Waals surface area contributed by atoms with E-state index in [9.17, 15) is 9.59 Å². The van der Waals surface area contributed by atoms with Crippen molar-refractivity contribution in [3.05, 3.63) is 17.5 Å². The molecule has 112 valence electrons. The van der Waals surface area contributed by atoms with Gasteiger partial charge < -0.3 is 15.6 Å². The number of rotatable bonds is 7. The van der Waals surface area contributed by atoms with Crippen LogP contribution in [0.1, 0.15) is 51.6 Å². The molecule has 0 aliphatic carbocycles. The number of nitrogens with zero attached hydrogens (tertiary/aromatic N) is 1. The van der Waals surface area contributed by atoms with Crippen LogP contribution >= 0.6 is 0 Å². The molecule has 1 aromatic heterocycles. The fourth-order valence-electron chi connectivity index (χ4n) is 1.97. The molecule has 0 fully saturated rings. The molecule has 0 saturated heterocycles. The summed E-state index contributed by atoms with van der Waals surface area (Å²) in [7, 11) is 0. The third-order valence-electron chi connectivity index (χ3n) is 2.96. The maximum absolute atomic E-state index is 11.5. The molecule has 0 radical (unpaired) electrons. The standard InChI is InChI=1S/C14H23N3O3/c1-8(2)5-12(15)14-7-11(20-17-14)6-13(9(3)18)16-10(4)19/h7-8,12-13H,5-6,15H2,1-4H3,(H,16,19). The Morgan fingerprint density at radius 2 is 2.05 bits per heavy atom. The highest BCUT2D eigenvalue weighted by atomic mass is 16.5. The zero-order chi connectivity index (χ0) is 15.3. The van der Waals surface area contributed by atoms with E-state index in [4.69, 9.17) is 10.3 Å². The lowest BCUT2D eigenvalue weighted by Gasteiger charge is -2.12. The van der Waals surface area contributed by atoms with Crippen LogP contribution in [0.2, 0.25) is 0 Å². The predicted octanol–water partition coefficient (Wildman–Crippen LogP) is 1.36. The Hall–Kier alpha value is -1.69. The van der Waals surface area contributed by atoms with Crippen LogP contribution in [-0.4, -0.2) is 22.9 Å². The molecular formula is C14H23N3O3. The monoisotopic (exact) mass is 281 g/mol. The largest absolute Gasteiger partial charge is 0.361 e. The molecule has 0 aromatic carbocycles. The minimum atomic E-state index is -0.588. The number of aromatic nitrogens is 1. The molecule has 1 rings (SSSR count). The lowest BCUT2D eigenvalue weighted by atomic mass is 10.0. The summed E-state index contributed by atoms with van der Waals surface area (Å²) >= 11 is 0. The molecule has 6 nitrogen and oxygen atoms in total. The van der Waals surface area contributed by atoms with Crippen molar-refractivity contribution < 1.29 is 14.1 Å². The number of hydrogen-bond donors (Lipinski definition) is 2. The molecule has 2 atom stereocenters. The molecule has 2 unspecified atom stereocenters. The minimum Gasteiger partial charge on any atom is -0.361 e. The number of nitrogens with one attached hydrogen (secondary N) is 1. The second-order valence-corrected chi connectivity index (χ2v) is 5.52. The van der Waals surface area contributed by atoms with Crippen molar-refractivity contribution in [2.75, 3.05) is 0 Å². The Labute approximate surface area is 119 Å². The summed E-state index contributed by atoms with van der Waals surface area (Å²) in [6.45, 7) is 6.98. The van der Waals surface area contributed by atoms with Crippen LogP contribution in [0.4, 0.5) is 0 Å². The summed E-state index contributed by atoms with van der Waals surface area (Å²) < 4.78 is 5.20. The molecule has 1 amide bonds. The molecule has 0 bridgehead atoms. The summed E-state index contributed by atoms with van der Waals surface area (Å²) in [6.07, 6.45) is 1.10. The van der Waals surface area contributed by atoms with Gasteiger partial charge in [0.1, 0.15) is 11.5 Å². The van der Waals surface area contributed by atoms with Gasteiger partial charge in [0.2, 0.25) is 5.91 Å². The van der Waals surface area contributed by atoms with Crippen LogP contribution in [0.15, 0.2) is 10.6 Å². The second kappa shape index (κ2) is 7.19. The average molecular weight is 281 g/mol. The normalized spacial score (nSPS) is 14.1. The van der Waals surface area contributed by atoms with Gasteiger partial charge in [0.15, 0.2) is 5.78 Å². The van der Waals surface area contributed by atoms with Crippen molar-refractivity contribution in [1.82, 2.24) is 10.5 Å². The lowest BCUT2D eigenvalue weighted by Crippen LogP contribution is -2.40. The Balaban J connectivity index is 2.70. The van der Waals surface area contributed by atoms with E-state index in [1.54, 1.807) is 6.07 Å². The van der Waals surface area contributed by atoms with Gasteiger partial charge in [-0.25, -0.2) is 0 Å². The number of Topliss-reactive ketones (excluding diaryl/α,β-unsaturated/α-hetero) is 1.